The van der Waals surface area contributed by atoms with Crippen LogP contribution in [0.2, 0.25) is 0 Å². The van der Waals surface area contributed by atoms with Crippen molar-refractivity contribution < 1.29 is 81.7 Å². The molecule has 0 aromatic carbocycles. The molecule has 0 aliphatic rings. The molecule has 0 aliphatic heterocycles. The summed E-state index contributed by atoms with van der Waals surface area (Å²) in [6.07, 6.45) is 2.78. The predicted octanol–water partition coefficient (Wildman–Crippen LogP) is 14.7. The van der Waals surface area contributed by atoms with E-state index in [2.05, 4.69) is 0 Å². The van der Waals surface area contributed by atoms with E-state index in [1.807, 2.05) is 6.92 Å². The Morgan fingerprint density at radius 3 is 0.606 bits per heavy atom. The van der Waals surface area contributed by atoms with Crippen molar-refractivity contribution in [1.82, 2.24) is 0 Å². The van der Waals surface area contributed by atoms with Crippen LogP contribution in [0.15, 0.2) is 0 Å². The topological polar surface area (TPSA) is 213 Å². The summed E-state index contributed by atoms with van der Waals surface area (Å²) < 4.78 is 158. The minimum atomic E-state index is -4.12. The molecular formula is C42H92O18P6. The van der Waals surface area contributed by atoms with Crippen molar-refractivity contribution in [2.24, 2.45) is 0 Å². The second-order valence-electron chi connectivity index (χ2n) is 15.4. The highest BCUT2D eigenvalue weighted by Gasteiger charge is 2.53. The summed E-state index contributed by atoms with van der Waals surface area (Å²) in [5.41, 5.74) is -5.08. The van der Waals surface area contributed by atoms with Crippen molar-refractivity contribution >= 4 is 45.6 Å². The Balaban J connectivity index is 7.65. The highest BCUT2D eigenvalue weighted by Crippen LogP contribution is 2.69. The highest BCUT2D eigenvalue weighted by atomic mass is 31.2. The minimum absolute atomic E-state index is 0.0146. The molecule has 0 saturated heterocycles. The molecule has 0 spiro atoms. The van der Waals surface area contributed by atoms with Crippen LogP contribution in [0, 0.1) is 0 Å². The largest absolute Gasteiger partial charge is 0.334 e. The molecule has 0 bridgehead atoms. The van der Waals surface area contributed by atoms with Crippen LogP contribution >= 0.6 is 45.6 Å². The first-order valence-electron chi connectivity index (χ1n) is 24.6. The van der Waals surface area contributed by atoms with E-state index in [-0.39, 0.29) is 111 Å². The molecule has 66 heavy (non-hydrogen) atoms. The van der Waals surface area contributed by atoms with Gasteiger partial charge in [-0.25, -0.2) is 0 Å². The molecule has 0 aliphatic carbocycles. The molecule has 6 unspecified atom stereocenters. The Bertz CT molecular complexity index is 1510. The van der Waals surface area contributed by atoms with Crippen molar-refractivity contribution in [2.75, 3.05) is 79.3 Å². The third-order valence-electron chi connectivity index (χ3n) is 10.8. The van der Waals surface area contributed by atoms with Crippen molar-refractivity contribution in [1.29, 1.82) is 0 Å². The molecule has 0 heterocycles. The second-order valence-corrected chi connectivity index (χ2v) is 29.4. The smallest absolute Gasteiger partial charge is 0.309 e. The SMILES string of the molecule is CCOP(=O)(OCC)C(C)CCCCC(C(CCCC(C(CCCC(C)P(=O)(OCC)OCC)P(=O)(OCC)OCC)P(=O)(OCC)OCC)P(=O)(OCC)OCC)P(=O)(OCC)OCC. The summed E-state index contributed by atoms with van der Waals surface area (Å²) in [6.45, 7) is 25.2. The Morgan fingerprint density at radius 2 is 0.394 bits per heavy atom. The van der Waals surface area contributed by atoms with E-state index in [1.54, 1.807) is 90.0 Å². The fourth-order valence-corrected chi connectivity index (χ4v) is 22.7. The maximum atomic E-state index is 15.2. The summed E-state index contributed by atoms with van der Waals surface area (Å²) in [4.78, 5) is 0. The lowest BCUT2D eigenvalue weighted by molar-refractivity contribution is 0.186. The number of rotatable bonds is 45. The maximum Gasteiger partial charge on any atom is 0.334 e. The summed E-state index contributed by atoms with van der Waals surface area (Å²) in [5, 5.41) is 0. The minimum Gasteiger partial charge on any atom is -0.309 e. The first-order chi connectivity index (χ1) is 31.2. The first kappa shape index (κ1) is 66.9. The van der Waals surface area contributed by atoms with Crippen LogP contribution in [0.5, 0.6) is 0 Å². The zero-order valence-corrected chi connectivity index (χ0v) is 48.4. The quantitative estimate of drug-likeness (QED) is 0.0409. The van der Waals surface area contributed by atoms with E-state index in [1.165, 1.54) is 0 Å². The van der Waals surface area contributed by atoms with Crippen LogP contribution < -0.4 is 0 Å². The highest BCUT2D eigenvalue weighted by molar-refractivity contribution is 7.60. The Hall–Kier alpha value is 0.900. The predicted molar refractivity (Wildman–Crippen MR) is 265 cm³/mol. The van der Waals surface area contributed by atoms with Crippen LogP contribution in [0.25, 0.3) is 0 Å². The van der Waals surface area contributed by atoms with E-state index in [0.29, 0.717) is 32.1 Å². The molecule has 0 amide bonds. The fraction of sp³-hybridized carbons (Fsp3) is 1.00. The van der Waals surface area contributed by atoms with Crippen LogP contribution in [0.3, 0.4) is 0 Å². The van der Waals surface area contributed by atoms with Gasteiger partial charge in [0.25, 0.3) is 0 Å². The van der Waals surface area contributed by atoms with Gasteiger partial charge in [0.1, 0.15) is 0 Å². The van der Waals surface area contributed by atoms with Crippen LogP contribution in [-0.2, 0) is 81.7 Å². The maximum absolute atomic E-state index is 15.2. The van der Waals surface area contributed by atoms with Gasteiger partial charge >= 0.3 is 45.6 Å². The molecule has 398 valence electrons. The van der Waals surface area contributed by atoms with Crippen molar-refractivity contribution in [3.63, 3.8) is 0 Å². The number of hydrogen-bond acceptors (Lipinski definition) is 18. The summed E-state index contributed by atoms with van der Waals surface area (Å²) >= 11 is 0. The summed E-state index contributed by atoms with van der Waals surface area (Å²) in [6, 6.07) is 0. The van der Waals surface area contributed by atoms with Gasteiger partial charge in [0.15, 0.2) is 0 Å². The zero-order chi connectivity index (χ0) is 50.5. The molecule has 0 N–H and O–H groups in total. The fourth-order valence-electron chi connectivity index (χ4n) is 8.17. The zero-order valence-electron chi connectivity index (χ0n) is 43.1. The third kappa shape index (κ3) is 21.2. The molecule has 0 aromatic heterocycles. The molecule has 0 radical (unpaired) electrons. The van der Waals surface area contributed by atoms with E-state index in [0.717, 1.165) is 0 Å². The van der Waals surface area contributed by atoms with Gasteiger partial charge in [-0.2, -0.15) is 0 Å². The van der Waals surface area contributed by atoms with Crippen molar-refractivity contribution in [2.45, 2.75) is 195 Å². The lowest BCUT2D eigenvalue weighted by atomic mass is 10.0. The van der Waals surface area contributed by atoms with Gasteiger partial charge < -0.3 is 54.3 Å². The standard InChI is InChI=1S/C42H92O18P6/c1-15-49-61(43,50-16-2)37(13)31-27-28-33-39(63(45,53-19-5)54-20-6)41(65(47,57-23-9)58-24-10)35-30-36-42(66(48,59-25-11)60-26-12)40(64(46,55-21-7)56-22-8)34-29-32-38(14)62(44,51-17-3)52-18-4/h37-42H,15-36H2,1-14H3. The normalized spacial score (nSPS) is 16.3. The molecule has 24 heteroatoms. The molecule has 0 saturated carbocycles. The Kier molecular flexibility index (Phi) is 35.6. The third-order valence-corrected chi connectivity index (χ3v) is 27.1. The summed E-state index contributed by atoms with van der Waals surface area (Å²) in [7, 11) is -23.2. The molecule has 0 fully saturated rings. The first-order valence-corrected chi connectivity index (χ1v) is 34.2. The van der Waals surface area contributed by atoms with E-state index in [4.69, 9.17) is 54.3 Å². The average Bonchev–Trinajstić information content (AvgIpc) is 3.24. The average molecular weight is 1070 g/mol. The molecule has 0 aromatic rings. The van der Waals surface area contributed by atoms with Gasteiger partial charge in [-0.3, -0.25) is 27.4 Å². The van der Waals surface area contributed by atoms with Crippen LogP contribution in [0.4, 0.5) is 0 Å². The van der Waals surface area contributed by atoms with Crippen LogP contribution in [0.1, 0.15) is 161 Å². The second kappa shape index (κ2) is 35.1. The number of hydrogen-bond donors (Lipinski definition) is 0. The van der Waals surface area contributed by atoms with Gasteiger partial charge in [-0.1, -0.05) is 39.5 Å². The van der Waals surface area contributed by atoms with E-state index >= 15 is 18.3 Å². The molecule has 18 nitrogen and oxygen atoms in total. The van der Waals surface area contributed by atoms with E-state index < -0.39 is 79.5 Å². The Labute approximate surface area is 400 Å². The van der Waals surface area contributed by atoms with E-state index in [9.17, 15) is 9.13 Å². The lowest BCUT2D eigenvalue weighted by Gasteiger charge is -2.38. The monoisotopic (exact) mass is 1070 g/mol. The molecule has 0 rings (SSSR count). The van der Waals surface area contributed by atoms with Crippen molar-refractivity contribution in [3.8, 4) is 0 Å². The molecule has 6 atom stereocenters. The number of unbranched alkanes of at least 4 members (excludes halogenated alkanes) is 1. The lowest BCUT2D eigenvalue weighted by Crippen LogP contribution is -2.33. The summed E-state index contributed by atoms with van der Waals surface area (Å²) in [5.74, 6) is 0. The Morgan fingerprint density at radius 1 is 0.242 bits per heavy atom. The van der Waals surface area contributed by atoms with Gasteiger partial charge in [0.05, 0.1) is 113 Å². The van der Waals surface area contributed by atoms with Gasteiger partial charge in [-0.05, 0) is 122 Å². The van der Waals surface area contributed by atoms with Gasteiger partial charge in [-0.15, -0.1) is 0 Å². The van der Waals surface area contributed by atoms with Crippen LogP contribution in [-0.4, -0.2) is 113 Å². The van der Waals surface area contributed by atoms with Gasteiger partial charge in [0, 0.05) is 0 Å². The van der Waals surface area contributed by atoms with Crippen molar-refractivity contribution in [3.05, 3.63) is 0 Å². The molecular weight excluding hydrogens is 978 g/mol. The van der Waals surface area contributed by atoms with Gasteiger partial charge in [0.2, 0.25) is 0 Å².